The molecule has 58 valence electrons. The van der Waals surface area contributed by atoms with Crippen LogP contribution < -0.4 is 0 Å². The van der Waals surface area contributed by atoms with Gasteiger partial charge in [-0.05, 0) is 13.3 Å². The van der Waals surface area contributed by atoms with Gasteiger partial charge in [-0.15, -0.1) is 0 Å². The Morgan fingerprint density at radius 2 is 1.90 bits per heavy atom. The first-order valence-electron chi connectivity index (χ1n) is 3.29. The van der Waals surface area contributed by atoms with Crippen molar-refractivity contribution in [2.75, 3.05) is 6.61 Å². The molecule has 3 heteroatoms. The molecule has 0 heterocycles. The van der Waals surface area contributed by atoms with Gasteiger partial charge in [0.15, 0.2) is 5.78 Å². The van der Waals surface area contributed by atoms with E-state index in [2.05, 4.69) is 0 Å². The van der Waals surface area contributed by atoms with Crippen LogP contribution in [0.3, 0.4) is 0 Å². The summed E-state index contributed by atoms with van der Waals surface area (Å²) in [6.45, 7) is 1.08. The minimum atomic E-state index is -0.405. The molecule has 10 heavy (non-hydrogen) atoms. The lowest BCUT2D eigenvalue weighted by Gasteiger charge is -1.93. The lowest BCUT2D eigenvalue weighted by atomic mass is 10.1. The highest BCUT2D eigenvalue weighted by Gasteiger charge is 1.99. The third-order valence-corrected chi connectivity index (χ3v) is 1.16. The van der Waals surface area contributed by atoms with Crippen LogP contribution in [0.2, 0.25) is 0 Å². The second-order valence-electron chi connectivity index (χ2n) is 2.25. The maximum Gasteiger partial charge on any atom is 0.158 e. The monoisotopic (exact) mass is 144 g/mol. The van der Waals surface area contributed by atoms with Gasteiger partial charge in [-0.1, -0.05) is 0 Å². The Bertz CT molecular complexity index is 129. The third kappa shape index (κ3) is 5.44. The van der Waals surface area contributed by atoms with Crippen molar-refractivity contribution in [2.45, 2.75) is 26.2 Å². The summed E-state index contributed by atoms with van der Waals surface area (Å²) in [7, 11) is 0. The first-order chi connectivity index (χ1) is 4.66. The summed E-state index contributed by atoms with van der Waals surface area (Å²) in [4.78, 5) is 20.8. The van der Waals surface area contributed by atoms with Crippen LogP contribution in [0.25, 0.3) is 0 Å². The molecule has 0 fully saturated rings. The molecule has 0 aliphatic heterocycles. The zero-order chi connectivity index (χ0) is 7.98. The average molecular weight is 144 g/mol. The lowest BCUT2D eigenvalue weighted by molar-refractivity contribution is -0.122. The molecule has 0 aromatic carbocycles. The van der Waals surface area contributed by atoms with Crippen molar-refractivity contribution in [1.82, 2.24) is 0 Å². The standard InChI is InChI=1S/C7H12O3/c1-6(9)3-2-4-7(10)5-8/h8H,2-5H2,1H3. The van der Waals surface area contributed by atoms with Crippen molar-refractivity contribution >= 4 is 11.6 Å². The minimum absolute atomic E-state index is 0.0886. The van der Waals surface area contributed by atoms with Crippen LogP contribution in [0.15, 0.2) is 0 Å². The third-order valence-electron chi connectivity index (χ3n) is 1.16. The highest BCUT2D eigenvalue weighted by atomic mass is 16.3. The Morgan fingerprint density at radius 3 is 2.30 bits per heavy atom. The molecule has 0 rings (SSSR count). The topological polar surface area (TPSA) is 54.4 Å². The van der Waals surface area contributed by atoms with Crippen molar-refractivity contribution in [3.05, 3.63) is 0 Å². The van der Waals surface area contributed by atoms with Crippen molar-refractivity contribution in [2.24, 2.45) is 0 Å². The second kappa shape index (κ2) is 5.11. The van der Waals surface area contributed by atoms with Gasteiger partial charge in [-0.25, -0.2) is 0 Å². The molecular weight excluding hydrogens is 132 g/mol. The van der Waals surface area contributed by atoms with Gasteiger partial charge in [-0.3, -0.25) is 4.79 Å². The predicted octanol–water partition coefficient (Wildman–Crippen LogP) is 0.307. The van der Waals surface area contributed by atoms with E-state index in [9.17, 15) is 9.59 Å². The fraction of sp³-hybridized carbons (Fsp3) is 0.714. The highest BCUT2D eigenvalue weighted by Crippen LogP contribution is 1.96. The number of ketones is 2. The van der Waals surface area contributed by atoms with Gasteiger partial charge in [0.25, 0.3) is 0 Å². The summed E-state index contributed by atoms with van der Waals surface area (Å²) in [5, 5.41) is 8.27. The number of aliphatic hydroxyl groups excluding tert-OH is 1. The summed E-state index contributed by atoms with van der Waals surface area (Å²) in [5.41, 5.74) is 0. The molecule has 0 atom stereocenters. The van der Waals surface area contributed by atoms with Gasteiger partial charge >= 0.3 is 0 Å². The molecule has 0 aliphatic rings. The van der Waals surface area contributed by atoms with E-state index in [1.54, 1.807) is 0 Å². The van der Waals surface area contributed by atoms with Crippen molar-refractivity contribution in [3.63, 3.8) is 0 Å². The van der Waals surface area contributed by atoms with Gasteiger partial charge in [0.2, 0.25) is 0 Å². The second-order valence-corrected chi connectivity index (χ2v) is 2.25. The summed E-state index contributed by atoms with van der Waals surface area (Å²) in [6.07, 6.45) is 1.32. The SMILES string of the molecule is CC(=O)CCCC(=O)CO. The minimum Gasteiger partial charge on any atom is -0.389 e. The smallest absolute Gasteiger partial charge is 0.158 e. The Labute approximate surface area is 60.0 Å². The van der Waals surface area contributed by atoms with Crippen molar-refractivity contribution in [1.29, 1.82) is 0 Å². The normalized spacial score (nSPS) is 9.40. The molecule has 0 aromatic rings. The van der Waals surface area contributed by atoms with Crippen molar-refractivity contribution in [3.8, 4) is 0 Å². The summed E-state index contributed by atoms with van der Waals surface area (Å²) >= 11 is 0. The maximum atomic E-state index is 10.4. The first-order valence-corrected chi connectivity index (χ1v) is 3.29. The molecule has 0 saturated carbocycles. The average Bonchev–Trinajstić information content (AvgIpc) is 1.87. The quantitative estimate of drug-likeness (QED) is 0.604. The first kappa shape index (κ1) is 9.30. The van der Waals surface area contributed by atoms with Crippen LogP contribution in [0.4, 0.5) is 0 Å². The number of aliphatic hydroxyl groups is 1. The Hall–Kier alpha value is -0.700. The number of Topliss-reactive ketones (excluding diaryl/α,β-unsaturated/α-hetero) is 2. The van der Waals surface area contributed by atoms with Crippen LogP contribution in [0.5, 0.6) is 0 Å². The van der Waals surface area contributed by atoms with Crippen LogP contribution in [-0.4, -0.2) is 23.3 Å². The van der Waals surface area contributed by atoms with E-state index in [4.69, 9.17) is 5.11 Å². The molecular formula is C7H12O3. The molecule has 1 N–H and O–H groups in total. The van der Waals surface area contributed by atoms with E-state index in [-0.39, 0.29) is 11.6 Å². The zero-order valence-corrected chi connectivity index (χ0v) is 6.09. The zero-order valence-electron chi connectivity index (χ0n) is 6.09. The van der Waals surface area contributed by atoms with E-state index in [1.807, 2.05) is 0 Å². The number of carbonyl (C=O) groups is 2. The molecule has 0 bridgehead atoms. The Kier molecular flexibility index (Phi) is 4.76. The Morgan fingerprint density at radius 1 is 1.30 bits per heavy atom. The molecule has 0 aromatic heterocycles. The number of hydrogen-bond acceptors (Lipinski definition) is 3. The van der Waals surface area contributed by atoms with Gasteiger partial charge in [0.05, 0.1) is 0 Å². The van der Waals surface area contributed by atoms with Gasteiger partial charge in [0.1, 0.15) is 12.4 Å². The van der Waals surface area contributed by atoms with E-state index < -0.39 is 6.61 Å². The molecule has 0 amide bonds. The largest absolute Gasteiger partial charge is 0.389 e. The van der Waals surface area contributed by atoms with E-state index in [0.29, 0.717) is 19.3 Å². The molecule has 0 spiro atoms. The lowest BCUT2D eigenvalue weighted by Crippen LogP contribution is -2.03. The molecule has 0 unspecified atom stereocenters. The van der Waals surface area contributed by atoms with E-state index in [1.165, 1.54) is 6.92 Å². The number of rotatable bonds is 5. The van der Waals surface area contributed by atoms with Crippen LogP contribution in [0, 0.1) is 0 Å². The van der Waals surface area contributed by atoms with Crippen LogP contribution in [-0.2, 0) is 9.59 Å². The summed E-state index contributed by atoms with van der Waals surface area (Å²) in [6, 6.07) is 0. The van der Waals surface area contributed by atoms with Crippen molar-refractivity contribution < 1.29 is 14.7 Å². The fourth-order valence-corrected chi connectivity index (χ4v) is 0.614. The van der Waals surface area contributed by atoms with Gasteiger partial charge < -0.3 is 9.90 Å². The number of hydrogen-bond donors (Lipinski definition) is 1. The van der Waals surface area contributed by atoms with Crippen LogP contribution >= 0.6 is 0 Å². The number of carbonyl (C=O) groups excluding carboxylic acids is 2. The summed E-state index contributed by atoms with van der Waals surface area (Å²) < 4.78 is 0. The van der Waals surface area contributed by atoms with Crippen LogP contribution in [0.1, 0.15) is 26.2 Å². The molecule has 0 radical (unpaired) electrons. The fourth-order valence-electron chi connectivity index (χ4n) is 0.614. The summed E-state index contributed by atoms with van der Waals surface area (Å²) in [5.74, 6) is -0.105. The highest BCUT2D eigenvalue weighted by molar-refractivity contribution is 5.80. The molecule has 0 saturated heterocycles. The van der Waals surface area contributed by atoms with Gasteiger partial charge in [0, 0.05) is 12.8 Å². The van der Waals surface area contributed by atoms with E-state index >= 15 is 0 Å². The van der Waals surface area contributed by atoms with E-state index in [0.717, 1.165) is 0 Å². The molecule has 3 nitrogen and oxygen atoms in total. The Balaban J connectivity index is 3.20. The predicted molar refractivity (Wildman–Crippen MR) is 36.6 cm³/mol. The molecule has 0 aliphatic carbocycles. The maximum absolute atomic E-state index is 10.4. The van der Waals surface area contributed by atoms with Gasteiger partial charge in [-0.2, -0.15) is 0 Å².